The number of nitrogens with zero attached hydrogens (tertiary/aromatic N) is 1. The SMILES string of the molecule is CSc1ccc(C(=O)Nc2ccc(Cl)c(-c3ccccn3)c2)c(-c2ccc(F)c(F)c2)c1. The Kier molecular flexibility index (Phi) is 6.53. The summed E-state index contributed by atoms with van der Waals surface area (Å²) in [4.78, 5) is 18.4. The smallest absolute Gasteiger partial charge is 0.256 e. The predicted octanol–water partition coefficient (Wildman–Crippen LogP) is 7.32. The molecule has 4 aromatic rings. The zero-order valence-electron chi connectivity index (χ0n) is 16.9. The maximum Gasteiger partial charge on any atom is 0.256 e. The molecule has 0 spiro atoms. The Morgan fingerprint density at radius 2 is 1.78 bits per heavy atom. The van der Waals surface area contributed by atoms with Crippen molar-refractivity contribution in [1.29, 1.82) is 0 Å². The van der Waals surface area contributed by atoms with Crippen LogP contribution in [0.5, 0.6) is 0 Å². The van der Waals surface area contributed by atoms with Crippen LogP contribution in [0.1, 0.15) is 10.4 Å². The second-order valence-electron chi connectivity index (χ2n) is 6.90. The summed E-state index contributed by atoms with van der Waals surface area (Å²) in [5, 5.41) is 3.38. The molecule has 0 aliphatic carbocycles. The van der Waals surface area contributed by atoms with E-state index in [1.807, 2.05) is 24.5 Å². The first-order valence-corrected chi connectivity index (χ1v) is 11.2. The van der Waals surface area contributed by atoms with Gasteiger partial charge in [0.1, 0.15) is 0 Å². The summed E-state index contributed by atoms with van der Waals surface area (Å²) in [6.45, 7) is 0. The van der Waals surface area contributed by atoms with Crippen LogP contribution in [-0.2, 0) is 0 Å². The number of rotatable bonds is 5. The molecule has 0 saturated heterocycles. The molecule has 0 fully saturated rings. The first-order chi connectivity index (χ1) is 15.5. The van der Waals surface area contributed by atoms with E-state index in [0.717, 1.165) is 17.0 Å². The third-order valence-corrected chi connectivity index (χ3v) is 5.92. The van der Waals surface area contributed by atoms with Crippen LogP contribution in [0.15, 0.2) is 83.9 Å². The van der Waals surface area contributed by atoms with Crippen LogP contribution in [0.25, 0.3) is 22.4 Å². The molecule has 3 nitrogen and oxygen atoms in total. The van der Waals surface area contributed by atoms with Crippen LogP contribution in [0.4, 0.5) is 14.5 Å². The number of carbonyl (C=O) groups is 1. The maximum atomic E-state index is 13.9. The van der Waals surface area contributed by atoms with Gasteiger partial charge in [-0.25, -0.2) is 8.78 Å². The molecule has 7 heteroatoms. The second-order valence-corrected chi connectivity index (χ2v) is 8.19. The summed E-state index contributed by atoms with van der Waals surface area (Å²) in [7, 11) is 0. The fourth-order valence-corrected chi connectivity index (χ4v) is 3.92. The van der Waals surface area contributed by atoms with Crippen molar-refractivity contribution in [1.82, 2.24) is 4.98 Å². The van der Waals surface area contributed by atoms with E-state index in [4.69, 9.17) is 11.6 Å². The molecule has 0 radical (unpaired) electrons. The number of hydrogen-bond donors (Lipinski definition) is 1. The number of anilines is 1. The van der Waals surface area contributed by atoms with E-state index in [-0.39, 0.29) is 5.91 Å². The van der Waals surface area contributed by atoms with Crippen LogP contribution in [0.2, 0.25) is 5.02 Å². The number of carbonyl (C=O) groups excluding carboxylic acids is 1. The van der Waals surface area contributed by atoms with Gasteiger partial charge in [0.25, 0.3) is 5.91 Å². The van der Waals surface area contributed by atoms with Gasteiger partial charge in [-0.2, -0.15) is 0 Å². The van der Waals surface area contributed by atoms with Crippen LogP contribution in [-0.4, -0.2) is 17.1 Å². The van der Waals surface area contributed by atoms with Gasteiger partial charge < -0.3 is 5.32 Å². The molecule has 0 saturated carbocycles. The lowest BCUT2D eigenvalue weighted by Crippen LogP contribution is -2.13. The molecule has 32 heavy (non-hydrogen) atoms. The molecule has 1 heterocycles. The Morgan fingerprint density at radius 3 is 2.50 bits per heavy atom. The molecule has 4 rings (SSSR count). The standard InChI is InChI=1S/C25H17ClF2N2OS/c1-32-17-7-8-18(19(14-17)15-5-10-22(27)23(28)12-15)25(31)30-16-6-9-21(26)20(13-16)24-4-2-3-11-29-24/h2-14H,1H3,(H,30,31). The number of halogens is 3. The van der Waals surface area contributed by atoms with E-state index in [1.54, 1.807) is 42.6 Å². The van der Waals surface area contributed by atoms with E-state index in [2.05, 4.69) is 10.3 Å². The van der Waals surface area contributed by atoms with E-state index in [9.17, 15) is 13.6 Å². The minimum absolute atomic E-state index is 0.336. The molecule has 0 bridgehead atoms. The number of amides is 1. The Balaban J connectivity index is 1.71. The van der Waals surface area contributed by atoms with Gasteiger partial charge in [0.2, 0.25) is 0 Å². The Morgan fingerprint density at radius 1 is 0.938 bits per heavy atom. The summed E-state index contributed by atoms with van der Waals surface area (Å²) in [6.07, 6.45) is 3.56. The van der Waals surface area contributed by atoms with Crippen molar-refractivity contribution in [3.63, 3.8) is 0 Å². The van der Waals surface area contributed by atoms with Crippen LogP contribution >= 0.6 is 23.4 Å². The molecule has 0 aliphatic rings. The maximum absolute atomic E-state index is 13.9. The van der Waals surface area contributed by atoms with E-state index in [1.165, 1.54) is 17.8 Å². The van der Waals surface area contributed by atoms with Gasteiger partial charge in [-0.15, -0.1) is 11.8 Å². The summed E-state index contributed by atoms with van der Waals surface area (Å²) in [6, 6.07) is 19.5. The summed E-state index contributed by atoms with van der Waals surface area (Å²) < 4.78 is 27.3. The van der Waals surface area contributed by atoms with Crippen molar-refractivity contribution in [3.8, 4) is 22.4 Å². The predicted molar refractivity (Wildman–Crippen MR) is 126 cm³/mol. The van der Waals surface area contributed by atoms with Crippen LogP contribution in [0, 0.1) is 11.6 Å². The number of hydrogen-bond acceptors (Lipinski definition) is 3. The molecule has 1 aromatic heterocycles. The van der Waals surface area contributed by atoms with Crippen LogP contribution < -0.4 is 5.32 Å². The highest BCUT2D eigenvalue weighted by molar-refractivity contribution is 7.98. The van der Waals surface area contributed by atoms with Gasteiger partial charge in [-0.05, 0) is 78.0 Å². The van der Waals surface area contributed by atoms with Crippen molar-refractivity contribution in [2.45, 2.75) is 4.90 Å². The number of benzene rings is 3. The van der Waals surface area contributed by atoms with Crippen molar-refractivity contribution < 1.29 is 13.6 Å². The molecular formula is C25H17ClF2N2OS. The van der Waals surface area contributed by atoms with Gasteiger partial charge in [-0.3, -0.25) is 9.78 Å². The zero-order chi connectivity index (χ0) is 22.7. The number of nitrogens with one attached hydrogen (secondary N) is 1. The van der Waals surface area contributed by atoms with Gasteiger partial charge in [0.15, 0.2) is 11.6 Å². The van der Waals surface area contributed by atoms with E-state index >= 15 is 0 Å². The highest BCUT2D eigenvalue weighted by Crippen LogP contribution is 2.32. The van der Waals surface area contributed by atoms with E-state index in [0.29, 0.717) is 38.7 Å². The molecule has 0 unspecified atom stereocenters. The van der Waals surface area contributed by atoms with E-state index < -0.39 is 11.6 Å². The number of aromatic nitrogens is 1. The molecule has 1 N–H and O–H groups in total. The van der Waals surface area contributed by atoms with Crippen molar-refractivity contribution in [2.24, 2.45) is 0 Å². The zero-order valence-corrected chi connectivity index (χ0v) is 18.5. The Hall–Kier alpha value is -3.22. The monoisotopic (exact) mass is 466 g/mol. The first kappa shape index (κ1) is 22.0. The van der Waals surface area contributed by atoms with Crippen molar-refractivity contribution in [3.05, 3.63) is 101 Å². The lowest BCUT2D eigenvalue weighted by Gasteiger charge is -2.13. The Labute approximate surface area is 193 Å². The fourth-order valence-electron chi connectivity index (χ4n) is 3.27. The number of pyridine rings is 1. The lowest BCUT2D eigenvalue weighted by molar-refractivity contribution is 0.102. The van der Waals surface area contributed by atoms with Crippen molar-refractivity contribution >= 4 is 35.0 Å². The molecule has 1 amide bonds. The average molecular weight is 467 g/mol. The van der Waals surface area contributed by atoms with Gasteiger partial charge in [-0.1, -0.05) is 23.7 Å². The molecule has 0 atom stereocenters. The summed E-state index contributed by atoms with van der Waals surface area (Å²) in [5.74, 6) is -2.29. The van der Waals surface area contributed by atoms with Crippen molar-refractivity contribution in [2.75, 3.05) is 11.6 Å². The van der Waals surface area contributed by atoms with Gasteiger partial charge >= 0.3 is 0 Å². The average Bonchev–Trinajstić information content (AvgIpc) is 2.82. The Bertz CT molecular complexity index is 1300. The lowest BCUT2D eigenvalue weighted by atomic mass is 9.98. The van der Waals surface area contributed by atoms with Gasteiger partial charge in [0, 0.05) is 27.9 Å². The highest BCUT2D eigenvalue weighted by atomic mass is 35.5. The third-order valence-electron chi connectivity index (χ3n) is 4.87. The topological polar surface area (TPSA) is 42.0 Å². The molecular weight excluding hydrogens is 450 g/mol. The third kappa shape index (κ3) is 4.66. The van der Waals surface area contributed by atoms with Gasteiger partial charge in [0.05, 0.1) is 10.7 Å². The molecule has 0 aliphatic heterocycles. The molecule has 3 aromatic carbocycles. The minimum Gasteiger partial charge on any atom is -0.322 e. The quantitative estimate of drug-likeness (QED) is 0.313. The largest absolute Gasteiger partial charge is 0.322 e. The second kappa shape index (κ2) is 9.51. The summed E-state index contributed by atoms with van der Waals surface area (Å²) in [5.41, 5.74) is 3.15. The number of thioether (sulfide) groups is 1. The first-order valence-electron chi connectivity index (χ1n) is 9.62. The summed E-state index contributed by atoms with van der Waals surface area (Å²) >= 11 is 7.82. The van der Waals surface area contributed by atoms with Crippen LogP contribution in [0.3, 0.4) is 0 Å². The normalized spacial score (nSPS) is 10.8. The molecule has 160 valence electrons. The minimum atomic E-state index is -0.971. The highest BCUT2D eigenvalue weighted by Gasteiger charge is 2.16. The fraction of sp³-hybridized carbons (Fsp3) is 0.0400.